The van der Waals surface area contributed by atoms with E-state index in [9.17, 15) is 9.90 Å². The number of aryl methyl sites for hydroxylation is 1. The van der Waals surface area contributed by atoms with Gasteiger partial charge in [0.05, 0.1) is 0 Å². The number of furan rings is 1. The van der Waals surface area contributed by atoms with Gasteiger partial charge in [0.15, 0.2) is 17.3 Å². The minimum Gasteiger partial charge on any atom is -0.504 e. The summed E-state index contributed by atoms with van der Waals surface area (Å²) in [4.78, 5) is 16.0. The van der Waals surface area contributed by atoms with E-state index < -0.39 is 5.91 Å². The number of benzene rings is 1. The SMILES string of the molecule is Cc1ccc(OCc2ccc(C(=O)Nc3ncccc3O)o2)cc1. The van der Waals surface area contributed by atoms with Gasteiger partial charge in [-0.2, -0.15) is 0 Å². The zero-order chi connectivity index (χ0) is 16.9. The van der Waals surface area contributed by atoms with Crippen molar-refractivity contribution in [2.75, 3.05) is 5.32 Å². The van der Waals surface area contributed by atoms with Gasteiger partial charge in [0.1, 0.15) is 18.1 Å². The first-order chi connectivity index (χ1) is 11.6. The standard InChI is InChI=1S/C18H16N2O4/c1-12-4-6-13(7-5-12)23-11-14-8-9-16(24-14)18(22)20-17-15(21)3-2-10-19-17/h2-10,21H,11H2,1H3,(H,19,20,22). The van der Waals surface area contributed by atoms with Gasteiger partial charge in [-0.15, -0.1) is 0 Å². The third-order valence-corrected chi connectivity index (χ3v) is 3.31. The summed E-state index contributed by atoms with van der Waals surface area (Å²) in [5.41, 5.74) is 1.15. The van der Waals surface area contributed by atoms with Crippen molar-refractivity contribution in [2.45, 2.75) is 13.5 Å². The van der Waals surface area contributed by atoms with Gasteiger partial charge in [0.2, 0.25) is 0 Å². The van der Waals surface area contributed by atoms with Gasteiger partial charge in [0.25, 0.3) is 5.91 Å². The summed E-state index contributed by atoms with van der Waals surface area (Å²) >= 11 is 0. The average Bonchev–Trinajstić information content (AvgIpc) is 3.06. The van der Waals surface area contributed by atoms with Crippen molar-refractivity contribution in [3.8, 4) is 11.5 Å². The van der Waals surface area contributed by atoms with Crippen molar-refractivity contribution in [3.05, 3.63) is 71.8 Å². The third kappa shape index (κ3) is 3.73. The molecule has 2 aromatic heterocycles. The van der Waals surface area contributed by atoms with Crippen molar-refractivity contribution >= 4 is 11.7 Å². The Morgan fingerprint density at radius 1 is 1.21 bits per heavy atom. The molecule has 0 saturated carbocycles. The molecule has 2 N–H and O–H groups in total. The first-order valence-electron chi connectivity index (χ1n) is 7.35. The molecule has 0 aliphatic rings. The molecule has 6 heteroatoms. The zero-order valence-electron chi connectivity index (χ0n) is 13.0. The summed E-state index contributed by atoms with van der Waals surface area (Å²) in [7, 11) is 0. The maximum atomic E-state index is 12.1. The second kappa shape index (κ2) is 6.87. The Morgan fingerprint density at radius 2 is 2.00 bits per heavy atom. The maximum absolute atomic E-state index is 12.1. The number of carbonyl (C=O) groups excluding carboxylic acids is 1. The van der Waals surface area contributed by atoms with E-state index in [4.69, 9.17) is 9.15 Å². The summed E-state index contributed by atoms with van der Waals surface area (Å²) in [5.74, 6) is 0.831. The molecule has 0 unspecified atom stereocenters. The molecule has 0 atom stereocenters. The molecular weight excluding hydrogens is 308 g/mol. The number of carbonyl (C=O) groups is 1. The van der Waals surface area contributed by atoms with E-state index in [1.807, 2.05) is 31.2 Å². The average molecular weight is 324 g/mol. The van der Waals surface area contributed by atoms with E-state index >= 15 is 0 Å². The first-order valence-corrected chi connectivity index (χ1v) is 7.35. The van der Waals surface area contributed by atoms with Gasteiger partial charge in [-0.3, -0.25) is 4.79 Å². The van der Waals surface area contributed by atoms with Crippen LogP contribution in [0, 0.1) is 6.92 Å². The molecule has 0 bridgehead atoms. The molecule has 0 saturated heterocycles. The molecule has 6 nitrogen and oxygen atoms in total. The normalized spacial score (nSPS) is 10.4. The lowest BCUT2D eigenvalue weighted by Crippen LogP contribution is -2.12. The molecule has 1 amide bonds. The number of nitrogens with zero attached hydrogens (tertiary/aromatic N) is 1. The minimum atomic E-state index is -0.495. The van der Waals surface area contributed by atoms with Crippen molar-refractivity contribution in [2.24, 2.45) is 0 Å². The molecular formula is C18H16N2O4. The number of aromatic hydroxyl groups is 1. The molecule has 1 aromatic carbocycles. The van der Waals surface area contributed by atoms with Crippen LogP contribution in [0.2, 0.25) is 0 Å². The lowest BCUT2D eigenvalue weighted by Gasteiger charge is -2.05. The van der Waals surface area contributed by atoms with Crippen LogP contribution in [-0.2, 0) is 6.61 Å². The Balaban J connectivity index is 1.61. The fraction of sp³-hybridized carbons (Fsp3) is 0.111. The third-order valence-electron chi connectivity index (χ3n) is 3.31. The number of nitrogens with one attached hydrogen (secondary N) is 1. The van der Waals surface area contributed by atoms with Crippen LogP contribution in [0.5, 0.6) is 11.5 Å². The van der Waals surface area contributed by atoms with Crippen LogP contribution in [0.15, 0.2) is 59.1 Å². The highest BCUT2D eigenvalue weighted by atomic mass is 16.5. The van der Waals surface area contributed by atoms with E-state index in [-0.39, 0.29) is 23.9 Å². The van der Waals surface area contributed by atoms with E-state index in [0.29, 0.717) is 5.76 Å². The van der Waals surface area contributed by atoms with Gasteiger partial charge in [0, 0.05) is 6.20 Å². The number of rotatable bonds is 5. The maximum Gasteiger partial charge on any atom is 0.292 e. The number of hydrogen-bond acceptors (Lipinski definition) is 5. The van der Waals surface area contributed by atoms with Crippen molar-refractivity contribution in [1.29, 1.82) is 0 Å². The summed E-state index contributed by atoms with van der Waals surface area (Å²) in [6, 6.07) is 13.9. The lowest BCUT2D eigenvalue weighted by molar-refractivity contribution is 0.0991. The van der Waals surface area contributed by atoms with Crippen LogP contribution in [0.3, 0.4) is 0 Å². The number of hydrogen-bond donors (Lipinski definition) is 2. The van der Waals surface area contributed by atoms with Crippen LogP contribution in [0.1, 0.15) is 21.9 Å². The molecule has 0 radical (unpaired) electrons. The van der Waals surface area contributed by atoms with Gasteiger partial charge in [-0.1, -0.05) is 17.7 Å². The molecule has 0 aliphatic carbocycles. The van der Waals surface area contributed by atoms with Crippen molar-refractivity contribution in [3.63, 3.8) is 0 Å². The molecule has 0 fully saturated rings. The van der Waals surface area contributed by atoms with Gasteiger partial charge < -0.3 is 19.6 Å². The highest BCUT2D eigenvalue weighted by Crippen LogP contribution is 2.20. The lowest BCUT2D eigenvalue weighted by atomic mass is 10.2. The number of anilines is 1. The first kappa shape index (κ1) is 15.6. The number of amides is 1. The Labute approximate surface area is 138 Å². The molecule has 3 aromatic rings. The van der Waals surface area contributed by atoms with E-state index in [1.165, 1.54) is 12.3 Å². The van der Waals surface area contributed by atoms with Crippen molar-refractivity contribution < 1.29 is 19.1 Å². The van der Waals surface area contributed by atoms with Crippen LogP contribution in [-0.4, -0.2) is 16.0 Å². The van der Waals surface area contributed by atoms with Crippen molar-refractivity contribution in [1.82, 2.24) is 4.98 Å². The van der Waals surface area contributed by atoms with E-state index in [2.05, 4.69) is 10.3 Å². The van der Waals surface area contributed by atoms with Gasteiger partial charge in [-0.05, 0) is 43.3 Å². The summed E-state index contributed by atoms with van der Waals surface area (Å²) in [6.07, 6.45) is 1.47. The second-order valence-electron chi connectivity index (χ2n) is 5.19. The summed E-state index contributed by atoms with van der Waals surface area (Å²) in [5, 5.41) is 12.1. The fourth-order valence-corrected chi connectivity index (χ4v) is 2.03. The highest BCUT2D eigenvalue weighted by Gasteiger charge is 2.14. The molecule has 2 heterocycles. The fourth-order valence-electron chi connectivity index (χ4n) is 2.03. The van der Waals surface area contributed by atoms with Gasteiger partial charge >= 0.3 is 0 Å². The number of pyridine rings is 1. The predicted molar refractivity (Wildman–Crippen MR) is 88.1 cm³/mol. The Morgan fingerprint density at radius 3 is 2.75 bits per heavy atom. The predicted octanol–water partition coefficient (Wildman–Crippen LogP) is 3.52. The van der Waals surface area contributed by atoms with Crippen LogP contribution < -0.4 is 10.1 Å². The molecule has 24 heavy (non-hydrogen) atoms. The monoisotopic (exact) mass is 324 g/mol. The molecule has 0 aliphatic heterocycles. The topological polar surface area (TPSA) is 84.6 Å². The van der Waals surface area contributed by atoms with Crippen LogP contribution in [0.25, 0.3) is 0 Å². The second-order valence-corrected chi connectivity index (χ2v) is 5.19. The zero-order valence-corrected chi connectivity index (χ0v) is 13.0. The van der Waals surface area contributed by atoms with E-state index in [1.54, 1.807) is 18.2 Å². The molecule has 3 rings (SSSR count). The minimum absolute atomic E-state index is 0.0800. The Bertz CT molecular complexity index is 840. The van der Waals surface area contributed by atoms with Crippen LogP contribution >= 0.6 is 0 Å². The Hall–Kier alpha value is -3.28. The summed E-state index contributed by atoms with van der Waals surface area (Å²) in [6.45, 7) is 2.21. The quantitative estimate of drug-likeness (QED) is 0.750. The van der Waals surface area contributed by atoms with Gasteiger partial charge in [-0.25, -0.2) is 4.98 Å². The number of ether oxygens (including phenoxy) is 1. The molecule has 0 spiro atoms. The summed E-state index contributed by atoms with van der Waals surface area (Å²) < 4.78 is 11.1. The largest absolute Gasteiger partial charge is 0.504 e. The smallest absolute Gasteiger partial charge is 0.292 e. The van der Waals surface area contributed by atoms with E-state index in [0.717, 1.165) is 11.3 Å². The highest BCUT2D eigenvalue weighted by molar-refractivity contribution is 6.02. The van der Waals surface area contributed by atoms with Crippen LogP contribution in [0.4, 0.5) is 5.82 Å². The number of aromatic nitrogens is 1. The molecule has 122 valence electrons. The Kier molecular flexibility index (Phi) is 4.47.